The summed E-state index contributed by atoms with van der Waals surface area (Å²) >= 11 is 0. The Morgan fingerprint density at radius 3 is 2.73 bits per heavy atom. The largest absolute Gasteiger partial charge is 0.379 e. The van der Waals surface area contributed by atoms with Gasteiger partial charge in [0.1, 0.15) is 0 Å². The molecule has 1 unspecified atom stereocenters. The van der Waals surface area contributed by atoms with Gasteiger partial charge in [0.15, 0.2) is 0 Å². The van der Waals surface area contributed by atoms with E-state index < -0.39 is 0 Å². The first-order valence-corrected chi connectivity index (χ1v) is 8.28. The zero-order chi connectivity index (χ0) is 15.8. The third-order valence-corrected chi connectivity index (χ3v) is 4.29. The molecule has 0 aromatic heterocycles. The first-order valence-electron chi connectivity index (χ1n) is 8.28. The fourth-order valence-corrected chi connectivity index (χ4v) is 2.86. The second kappa shape index (κ2) is 8.95. The molecule has 0 aromatic carbocycles. The maximum absolute atomic E-state index is 11.7. The van der Waals surface area contributed by atoms with Gasteiger partial charge in [0.25, 0.3) is 0 Å². The number of carbonyl (C=O) groups is 2. The molecular formula is C15H28N4O3. The number of likely N-dealkylation sites (tertiary alicyclic amines) is 1. The van der Waals surface area contributed by atoms with Crippen LogP contribution < -0.4 is 10.6 Å². The van der Waals surface area contributed by atoms with Crippen LogP contribution in [0.25, 0.3) is 0 Å². The van der Waals surface area contributed by atoms with Gasteiger partial charge in [-0.3, -0.25) is 9.69 Å². The van der Waals surface area contributed by atoms with E-state index in [1.807, 2.05) is 4.90 Å². The Morgan fingerprint density at radius 2 is 2.05 bits per heavy atom. The minimum absolute atomic E-state index is 0.132. The van der Waals surface area contributed by atoms with Crippen LogP contribution >= 0.6 is 0 Å². The highest BCUT2D eigenvalue weighted by atomic mass is 16.5. The van der Waals surface area contributed by atoms with Gasteiger partial charge in [-0.05, 0) is 19.8 Å². The highest BCUT2D eigenvalue weighted by molar-refractivity contribution is 5.78. The molecule has 0 saturated carbocycles. The number of hydrogen-bond acceptors (Lipinski definition) is 4. The maximum Gasteiger partial charge on any atom is 0.314 e. The van der Waals surface area contributed by atoms with Crippen molar-refractivity contribution in [2.24, 2.45) is 0 Å². The van der Waals surface area contributed by atoms with Gasteiger partial charge >= 0.3 is 6.03 Å². The number of urea groups is 1. The molecule has 0 spiro atoms. The third-order valence-electron chi connectivity index (χ3n) is 4.29. The first kappa shape index (κ1) is 17.0. The van der Waals surface area contributed by atoms with Crippen LogP contribution in [-0.2, 0) is 9.53 Å². The van der Waals surface area contributed by atoms with E-state index in [2.05, 4.69) is 22.5 Å². The monoisotopic (exact) mass is 312 g/mol. The normalized spacial score (nSPS) is 21.0. The molecule has 0 aliphatic carbocycles. The predicted octanol–water partition coefficient (Wildman–Crippen LogP) is 0.0188. The van der Waals surface area contributed by atoms with Gasteiger partial charge in [0.05, 0.1) is 13.2 Å². The number of nitrogens with one attached hydrogen (secondary N) is 2. The van der Waals surface area contributed by atoms with Crippen LogP contribution in [0.1, 0.15) is 26.2 Å². The number of rotatable bonds is 7. The number of nitrogens with zero attached hydrogens (tertiary/aromatic N) is 2. The number of morpholine rings is 1. The maximum atomic E-state index is 11.7. The van der Waals surface area contributed by atoms with Gasteiger partial charge < -0.3 is 20.3 Å². The van der Waals surface area contributed by atoms with Crippen molar-refractivity contribution in [1.29, 1.82) is 0 Å². The molecule has 2 rings (SSSR count). The molecule has 2 fully saturated rings. The molecule has 2 saturated heterocycles. The van der Waals surface area contributed by atoms with Crippen LogP contribution in [0.15, 0.2) is 0 Å². The van der Waals surface area contributed by atoms with E-state index >= 15 is 0 Å². The van der Waals surface area contributed by atoms with Crippen molar-refractivity contribution >= 4 is 11.9 Å². The minimum Gasteiger partial charge on any atom is -0.379 e. The van der Waals surface area contributed by atoms with Crippen molar-refractivity contribution in [1.82, 2.24) is 20.4 Å². The fraction of sp³-hybridized carbons (Fsp3) is 0.867. The topological polar surface area (TPSA) is 73.9 Å². The van der Waals surface area contributed by atoms with E-state index in [1.54, 1.807) is 0 Å². The Bertz CT molecular complexity index is 372. The van der Waals surface area contributed by atoms with E-state index in [4.69, 9.17) is 4.74 Å². The minimum atomic E-state index is -0.132. The average Bonchev–Trinajstić information content (AvgIpc) is 2.95. The molecule has 0 radical (unpaired) electrons. The molecular weight excluding hydrogens is 284 g/mol. The summed E-state index contributed by atoms with van der Waals surface area (Å²) in [5.41, 5.74) is 0. The van der Waals surface area contributed by atoms with Gasteiger partial charge in [0, 0.05) is 51.7 Å². The number of amides is 3. The van der Waals surface area contributed by atoms with E-state index in [1.165, 1.54) is 0 Å². The molecule has 3 amide bonds. The summed E-state index contributed by atoms with van der Waals surface area (Å²) in [6.45, 7) is 8.34. The Hall–Kier alpha value is -1.34. The molecule has 0 aromatic rings. The number of hydrogen-bond donors (Lipinski definition) is 2. The predicted molar refractivity (Wildman–Crippen MR) is 83.7 cm³/mol. The summed E-state index contributed by atoms with van der Waals surface area (Å²) in [4.78, 5) is 27.4. The van der Waals surface area contributed by atoms with E-state index in [0.717, 1.165) is 52.2 Å². The lowest BCUT2D eigenvalue weighted by Gasteiger charge is -2.32. The van der Waals surface area contributed by atoms with E-state index in [9.17, 15) is 9.59 Å². The van der Waals surface area contributed by atoms with Crippen LogP contribution in [0, 0.1) is 0 Å². The Morgan fingerprint density at radius 1 is 1.27 bits per heavy atom. The van der Waals surface area contributed by atoms with Crippen LogP contribution in [0.5, 0.6) is 0 Å². The Balaban J connectivity index is 1.51. The lowest BCUT2D eigenvalue weighted by Crippen LogP contribution is -2.49. The SMILES string of the molecule is CC(CNC(=O)NCCCN1CCCC1=O)N1CCOCC1. The molecule has 7 nitrogen and oxygen atoms in total. The standard InChI is InChI=1S/C15H28N4O3/c1-13(18-8-10-22-11-9-18)12-17-15(21)16-5-3-7-19-6-2-4-14(19)20/h13H,2-12H2,1H3,(H2,16,17,21). The lowest BCUT2D eigenvalue weighted by atomic mass is 10.2. The smallest absolute Gasteiger partial charge is 0.314 e. The van der Waals surface area contributed by atoms with E-state index in [-0.39, 0.29) is 11.9 Å². The summed E-state index contributed by atoms with van der Waals surface area (Å²) in [6, 6.07) is 0.185. The summed E-state index contributed by atoms with van der Waals surface area (Å²) in [5, 5.41) is 5.75. The molecule has 2 aliphatic heterocycles. The molecule has 1 atom stereocenters. The zero-order valence-electron chi connectivity index (χ0n) is 13.5. The second-order valence-corrected chi connectivity index (χ2v) is 5.97. The second-order valence-electron chi connectivity index (χ2n) is 5.97. The molecule has 2 N–H and O–H groups in total. The molecule has 7 heteroatoms. The summed E-state index contributed by atoms with van der Waals surface area (Å²) in [7, 11) is 0. The summed E-state index contributed by atoms with van der Waals surface area (Å²) in [5.74, 6) is 0.240. The molecule has 0 bridgehead atoms. The third kappa shape index (κ3) is 5.46. The Kier molecular flexibility index (Phi) is 6.92. The van der Waals surface area contributed by atoms with Crippen molar-refractivity contribution in [3.8, 4) is 0 Å². The first-order chi connectivity index (χ1) is 10.7. The van der Waals surface area contributed by atoms with Crippen molar-refractivity contribution < 1.29 is 14.3 Å². The van der Waals surface area contributed by atoms with Gasteiger partial charge in [0.2, 0.25) is 5.91 Å². The van der Waals surface area contributed by atoms with Crippen molar-refractivity contribution in [3.05, 3.63) is 0 Å². The van der Waals surface area contributed by atoms with Crippen LogP contribution in [0.4, 0.5) is 4.79 Å². The summed E-state index contributed by atoms with van der Waals surface area (Å²) in [6.07, 6.45) is 2.44. The van der Waals surface area contributed by atoms with Gasteiger partial charge in [-0.25, -0.2) is 4.79 Å². The van der Waals surface area contributed by atoms with Gasteiger partial charge in [-0.1, -0.05) is 0 Å². The molecule has 126 valence electrons. The highest BCUT2D eigenvalue weighted by Crippen LogP contribution is 2.09. The Labute approximate surface area is 132 Å². The van der Waals surface area contributed by atoms with Crippen molar-refractivity contribution in [2.45, 2.75) is 32.2 Å². The number of ether oxygens (including phenoxy) is 1. The summed E-state index contributed by atoms with van der Waals surface area (Å²) < 4.78 is 5.32. The van der Waals surface area contributed by atoms with Crippen LogP contribution in [0.2, 0.25) is 0 Å². The molecule has 2 heterocycles. The fourth-order valence-electron chi connectivity index (χ4n) is 2.86. The average molecular weight is 312 g/mol. The van der Waals surface area contributed by atoms with E-state index in [0.29, 0.717) is 25.6 Å². The lowest BCUT2D eigenvalue weighted by molar-refractivity contribution is -0.127. The number of carbonyl (C=O) groups excluding carboxylic acids is 2. The van der Waals surface area contributed by atoms with Crippen LogP contribution in [0.3, 0.4) is 0 Å². The van der Waals surface area contributed by atoms with Gasteiger partial charge in [-0.2, -0.15) is 0 Å². The highest BCUT2D eigenvalue weighted by Gasteiger charge is 2.19. The quantitative estimate of drug-likeness (QED) is 0.650. The molecule has 22 heavy (non-hydrogen) atoms. The van der Waals surface area contributed by atoms with Crippen LogP contribution in [-0.4, -0.2) is 80.3 Å². The molecule has 2 aliphatic rings. The van der Waals surface area contributed by atoms with Crippen molar-refractivity contribution in [2.75, 3.05) is 52.5 Å². The zero-order valence-corrected chi connectivity index (χ0v) is 13.5. The van der Waals surface area contributed by atoms with Gasteiger partial charge in [-0.15, -0.1) is 0 Å². The van der Waals surface area contributed by atoms with Crippen molar-refractivity contribution in [3.63, 3.8) is 0 Å².